The van der Waals surface area contributed by atoms with Crippen molar-refractivity contribution in [2.75, 3.05) is 31.1 Å². The van der Waals surface area contributed by atoms with Crippen LogP contribution in [0, 0.1) is 19.8 Å². The van der Waals surface area contributed by atoms with Gasteiger partial charge in [0.2, 0.25) is 11.9 Å². The maximum absolute atomic E-state index is 13.4. The zero-order valence-corrected chi connectivity index (χ0v) is 19.1. The molecule has 5 nitrogen and oxygen atoms in total. The van der Waals surface area contributed by atoms with Crippen molar-refractivity contribution in [2.45, 2.75) is 45.4 Å². The molecule has 2 aliphatic rings. The van der Waals surface area contributed by atoms with E-state index in [0.717, 1.165) is 68.0 Å². The molecule has 2 fully saturated rings. The average Bonchev–Trinajstić information content (AvgIpc) is 2.84. The number of aromatic nitrogens is 2. The topological polar surface area (TPSA) is 49.3 Å². The van der Waals surface area contributed by atoms with Crippen LogP contribution in [-0.4, -0.2) is 47.0 Å². The fourth-order valence-corrected chi connectivity index (χ4v) is 5.42. The van der Waals surface area contributed by atoms with E-state index < -0.39 is 0 Å². The molecule has 3 aromatic rings. The van der Waals surface area contributed by atoms with Crippen molar-refractivity contribution in [1.82, 2.24) is 14.9 Å². The van der Waals surface area contributed by atoms with Gasteiger partial charge in [-0.25, -0.2) is 9.97 Å². The van der Waals surface area contributed by atoms with E-state index in [4.69, 9.17) is 9.97 Å². The monoisotopic (exact) mass is 428 g/mol. The minimum atomic E-state index is 0.114. The van der Waals surface area contributed by atoms with Gasteiger partial charge < -0.3 is 9.80 Å². The van der Waals surface area contributed by atoms with Gasteiger partial charge in [-0.2, -0.15) is 0 Å². The molecule has 0 unspecified atom stereocenters. The van der Waals surface area contributed by atoms with E-state index in [0.29, 0.717) is 11.8 Å². The molecule has 0 N–H and O–H groups in total. The van der Waals surface area contributed by atoms with Crippen molar-refractivity contribution in [3.05, 3.63) is 65.4 Å². The van der Waals surface area contributed by atoms with Gasteiger partial charge in [0.1, 0.15) is 0 Å². The van der Waals surface area contributed by atoms with Crippen LogP contribution in [0.2, 0.25) is 0 Å². The Balaban J connectivity index is 1.23. The number of carbonyl (C=O) groups excluding carboxylic acids is 1. The zero-order chi connectivity index (χ0) is 22.1. The Morgan fingerprint density at radius 1 is 0.906 bits per heavy atom. The number of anilines is 1. The second-order valence-corrected chi connectivity index (χ2v) is 9.37. The highest BCUT2D eigenvalue weighted by Gasteiger charge is 2.32. The predicted molar refractivity (Wildman–Crippen MR) is 129 cm³/mol. The number of aryl methyl sites for hydroxylation is 2. The van der Waals surface area contributed by atoms with E-state index in [-0.39, 0.29) is 5.92 Å². The summed E-state index contributed by atoms with van der Waals surface area (Å²) in [7, 11) is 0. The minimum absolute atomic E-state index is 0.114. The van der Waals surface area contributed by atoms with Crippen LogP contribution in [0.4, 0.5) is 5.95 Å². The van der Waals surface area contributed by atoms with Gasteiger partial charge in [-0.15, -0.1) is 0 Å². The number of fused-ring (bicyclic) bond motifs is 1. The first-order chi connectivity index (χ1) is 15.6. The van der Waals surface area contributed by atoms with E-state index in [1.54, 1.807) is 0 Å². The molecule has 32 heavy (non-hydrogen) atoms. The van der Waals surface area contributed by atoms with E-state index in [2.05, 4.69) is 47.1 Å². The molecular formula is C27H32N4O. The van der Waals surface area contributed by atoms with Crippen LogP contribution in [0.3, 0.4) is 0 Å². The largest absolute Gasteiger partial charge is 0.342 e. The number of hydrogen-bond acceptors (Lipinski definition) is 4. The van der Waals surface area contributed by atoms with Crippen molar-refractivity contribution in [1.29, 1.82) is 0 Å². The lowest BCUT2D eigenvalue weighted by atomic mass is 9.86. The van der Waals surface area contributed by atoms with E-state index >= 15 is 0 Å². The number of para-hydroxylation sites is 1. The van der Waals surface area contributed by atoms with Crippen molar-refractivity contribution in [2.24, 2.45) is 5.92 Å². The Morgan fingerprint density at radius 3 is 2.47 bits per heavy atom. The van der Waals surface area contributed by atoms with Crippen LogP contribution < -0.4 is 4.90 Å². The summed E-state index contributed by atoms with van der Waals surface area (Å²) in [6, 6.07) is 16.8. The van der Waals surface area contributed by atoms with Crippen LogP contribution >= 0.6 is 0 Å². The molecule has 1 aromatic heterocycles. The molecule has 0 spiro atoms. The minimum Gasteiger partial charge on any atom is -0.342 e. The number of hydrogen-bond donors (Lipinski definition) is 0. The average molecular weight is 429 g/mol. The summed E-state index contributed by atoms with van der Waals surface area (Å²) in [5.41, 5.74) is 4.75. The normalized spacial score (nSPS) is 20.0. The van der Waals surface area contributed by atoms with Gasteiger partial charge in [0, 0.05) is 43.4 Å². The van der Waals surface area contributed by atoms with Gasteiger partial charge in [0.25, 0.3) is 0 Å². The van der Waals surface area contributed by atoms with Gasteiger partial charge in [-0.05, 0) is 56.7 Å². The molecule has 2 aliphatic heterocycles. The molecule has 0 aliphatic carbocycles. The molecule has 2 aromatic carbocycles. The van der Waals surface area contributed by atoms with Crippen LogP contribution in [0.25, 0.3) is 10.9 Å². The number of piperidine rings is 2. The second-order valence-electron chi connectivity index (χ2n) is 9.37. The first-order valence-corrected chi connectivity index (χ1v) is 11.9. The lowest BCUT2D eigenvalue weighted by Crippen LogP contribution is -2.46. The summed E-state index contributed by atoms with van der Waals surface area (Å²) < 4.78 is 0. The Morgan fingerprint density at radius 2 is 1.66 bits per heavy atom. The summed E-state index contributed by atoms with van der Waals surface area (Å²) in [6.07, 6.45) is 4.01. The van der Waals surface area contributed by atoms with Crippen LogP contribution in [0.1, 0.15) is 48.4 Å². The van der Waals surface area contributed by atoms with Crippen molar-refractivity contribution >= 4 is 22.8 Å². The Bertz CT molecular complexity index is 1120. The molecule has 5 heteroatoms. The smallest absolute Gasteiger partial charge is 0.226 e. The lowest BCUT2D eigenvalue weighted by Gasteiger charge is -2.38. The maximum Gasteiger partial charge on any atom is 0.226 e. The highest BCUT2D eigenvalue weighted by Crippen LogP contribution is 2.31. The number of benzene rings is 2. The number of rotatable bonds is 3. The lowest BCUT2D eigenvalue weighted by molar-refractivity contribution is -0.137. The van der Waals surface area contributed by atoms with Crippen molar-refractivity contribution < 1.29 is 4.79 Å². The third-order valence-electron chi connectivity index (χ3n) is 7.27. The van der Waals surface area contributed by atoms with Crippen molar-refractivity contribution in [3.8, 4) is 0 Å². The molecular weight excluding hydrogens is 396 g/mol. The highest BCUT2D eigenvalue weighted by molar-refractivity contribution is 5.82. The number of nitrogens with zero attached hydrogens (tertiary/aromatic N) is 4. The number of likely N-dealkylation sites (tertiary alicyclic amines) is 1. The van der Waals surface area contributed by atoms with Gasteiger partial charge in [-0.1, -0.05) is 42.5 Å². The molecule has 3 heterocycles. The van der Waals surface area contributed by atoms with E-state index in [1.165, 1.54) is 17.5 Å². The maximum atomic E-state index is 13.4. The fraction of sp³-hybridized carbons (Fsp3) is 0.444. The first kappa shape index (κ1) is 20.9. The highest BCUT2D eigenvalue weighted by atomic mass is 16.2. The van der Waals surface area contributed by atoms with Crippen LogP contribution in [0.15, 0.2) is 48.5 Å². The molecule has 0 radical (unpaired) electrons. The summed E-state index contributed by atoms with van der Waals surface area (Å²) >= 11 is 0. The zero-order valence-electron chi connectivity index (χ0n) is 19.1. The third kappa shape index (κ3) is 4.08. The molecule has 166 valence electrons. The van der Waals surface area contributed by atoms with Crippen LogP contribution in [-0.2, 0) is 4.79 Å². The summed E-state index contributed by atoms with van der Waals surface area (Å²) in [6.45, 7) is 7.66. The summed E-state index contributed by atoms with van der Waals surface area (Å²) in [4.78, 5) is 27.3. The fourth-order valence-electron chi connectivity index (χ4n) is 5.42. The standard InChI is InChI=1S/C27H32N4O/c1-19-8-3-4-10-23(19)22-9-7-15-31(18-22)26(32)21-13-16-30(17-14-21)27-28-20(2)24-11-5-6-12-25(24)29-27/h3-6,8,10-12,21-22H,7,9,13-18H2,1-2H3/t22-/m1/s1. The van der Waals surface area contributed by atoms with Gasteiger partial charge in [-0.3, -0.25) is 4.79 Å². The van der Waals surface area contributed by atoms with Crippen molar-refractivity contribution in [3.63, 3.8) is 0 Å². The Hall–Kier alpha value is -2.95. The Labute approximate surface area is 190 Å². The summed E-state index contributed by atoms with van der Waals surface area (Å²) in [5.74, 6) is 1.72. The quantitative estimate of drug-likeness (QED) is 0.597. The first-order valence-electron chi connectivity index (χ1n) is 11.9. The van der Waals surface area contributed by atoms with Crippen LogP contribution in [0.5, 0.6) is 0 Å². The summed E-state index contributed by atoms with van der Waals surface area (Å²) in [5, 5.41) is 1.11. The third-order valence-corrected chi connectivity index (χ3v) is 7.27. The SMILES string of the molecule is Cc1ccccc1[C@@H]1CCCN(C(=O)C2CCN(c3nc(C)c4ccccc4n3)CC2)C1. The van der Waals surface area contributed by atoms with E-state index in [9.17, 15) is 4.79 Å². The van der Waals surface area contributed by atoms with Gasteiger partial charge in [0.05, 0.1) is 11.2 Å². The van der Waals surface area contributed by atoms with Gasteiger partial charge >= 0.3 is 0 Å². The molecule has 1 amide bonds. The second kappa shape index (κ2) is 8.89. The van der Waals surface area contributed by atoms with E-state index in [1.807, 2.05) is 25.1 Å². The Kier molecular flexibility index (Phi) is 5.81. The molecule has 0 saturated carbocycles. The molecule has 2 saturated heterocycles. The molecule has 5 rings (SSSR count). The predicted octanol–water partition coefficient (Wildman–Crippen LogP) is 4.87. The van der Waals surface area contributed by atoms with Gasteiger partial charge in [0.15, 0.2) is 0 Å². The molecule has 1 atom stereocenters. The molecule has 0 bridgehead atoms. The number of amides is 1. The number of carbonyl (C=O) groups is 1.